The lowest BCUT2D eigenvalue weighted by atomic mass is 10.1. The van der Waals surface area contributed by atoms with E-state index in [4.69, 9.17) is 10.2 Å². The third-order valence-corrected chi connectivity index (χ3v) is 9.38. The first-order valence-corrected chi connectivity index (χ1v) is 10.7. The fourth-order valence-corrected chi connectivity index (χ4v) is 3.83. The van der Waals surface area contributed by atoms with Crippen molar-refractivity contribution in [2.24, 2.45) is 0 Å². The topological polar surface area (TPSA) is 51.4 Å². The predicted octanol–water partition coefficient (Wildman–Crippen LogP) is 3.65. The molecule has 0 bridgehead atoms. The van der Waals surface area contributed by atoms with Crippen LogP contribution in [0, 0.1) is 0 Å². The molecule has 0 saturated carbocycles. The van der Waals surface area contributed by atoms with E-state index in [0.717, 1.165) is 31.6 Å². The quantitative estimate of drug-likeness (QED) is 0.866. The Hall–Kier alpha value is -1.07. The Balaban J connectivity index is 1.90. The number of hydrogen-bond acceptors (Lipinski definition) is 4. The van der Waals surface area contributed by atoms with E-state index >= 15 is 0 Å². The van der Waals surface area contributed by atoms with Crippen LogP contribution in [0.3, 0.4) is 0 Å². The maximum Gasteiger partial charge on any atom is 0.192 e. The van der Waals surface area contributed by atoms with Gasteiger partial charge in [0.05, 0.1) is 11.9 Å². The highest BCUT2D eigenvalue weighted by Crippen LogP contribution is 2.38. The Labute approximate surface area is 129 Å². The Morgan fingerprint density at radius 3 is 2.33 bits per heavy atom. The zero-order chi connectivity index (χ0) is 15.7. The van der Waals surface area contributed by atoms with E-state index < -0.39 is 8.32 Å². The number of nitrogen functional groups attached to an aromatic ring is 1. The minimum Gasteiger partial charge on any atom is -0.414 e. The van der Waals surface area contributed by atoms with E-state index in [1.807, 2.05) is 12.3 Å². The van der Waals surface area contributed by atoms with E-state index in [9.17, 15) is 0 Å². The van der Waals surface area contributed by atoms with Gasteiger partial charge in [-0.3, -0.25) is 0 Å². The molecule has 0 aromatic carbocycles. The summed E-state index contributed by atoms with van der Waals surface area (Å²) < 4.78 is 6.52. The van der Waals surface area contributed by atoms with Gasteiger partial charge >= 0.3 is 0 Å². The van der Waals surface area contributed by atoms with Crippen LogP contribution in [-0.4, -0.2) is 32.5 Å². The molecule has 1 aliphatic heterocycles. The number of nitrogens with two attached hydrogens (primary N) is 1. The molecule has 0 amide bonds. The maximum atomic E-state index is 6.52. The largest absolute Gasteiger partial charge is 0.414 e. The Kier molecular flexibility index (Phi) is 4.63. The van der Waals surface area contributed by atoms with Crippen molar-refractivity contribution in [3.05, 3.63) is 18.3 Å². The molecule has 1 aliphatic rings. The summed E-state index contributed by atoms with van der Waals surface area (Å²) in [4.78, 5) is 6.55. The van der Waals surface area contributed by atoms with Gasteiger partial charge in [0.1, 0.15) is 5.82 Å². The molecular formula is C16H29N3OSi. The number of nitrogens with zero attached hydrogens (tertiary/aromatic N) is 2. The Bertz CT molecular complexity index is 459. The predicted molar refractivity (Wildman–Crippen MR) is 92.2 cm³/mol. The number of piperidine rings is 1. The SMILES string of the molecule is CC(C)(C)[Si](C)(C)OC1CCN(c2ccc(N)nc2)CC1. The molecule has 0 radical (unpaired) electrons. The first-order chi connectivity index (χ1) is 9.69. The van der Waals surface area contributed by atoms with Gasteiger partial charge in [0.15, 0.2) is 8.32 Å². The molecule has 4 nitrogen and oxygen atoms in total. The molecule has 2 heterocycles. The van der Waals surface area contributed by atoms with Crippen LogP contribution in [0.5, 0.6) is 0 Å². The highest BCUT2D eigenvalue weighted by atomic mass is 28.4. The van der Waals surface area contributed by atoms with Crippen LogP contribution < -0.4 is 10.6 Å². The number of hydrogen-bond donors (Lipinski definition) is 1. The summed E-state index contributed by atoms with van der Waals surface area (Å²) in [6, 6.07) is 3.92. The van der Waals surface area contributed by atoms with Crippen LogP contribution in [0.4, 0.5) is 11.5 Å². The fraction of sp³-hybridized carbons (Fsp3) is 0.688. The van der Waals surface area contributed by atoms with Crippen molar-refractivity contribution in [3.63, 3.8) is 0 Å². The first kappa shape index (κ1) is 16.3. The van der Waals surface area contributed by atoms with E-state index in [1.54, 1.807) is 0 Å². The molecule has 0 unspecified atom stereocenters. The number of pyridine rings is 1. The molecule has 0 atom stereocenters. The van der Waals surface area contributed by atoms with E-state index in [-0.39, 0.29) is 5.04 Å². The van der Waals surface area contributed by atoms with Gasteiger partial charge in [-0.05, 0) is 43.1 Å². The normalized spacial score (nSPS) is 18.0. The van der Waals surface area contributed by atoms with E-state index in [2.05, 4.69) is 49.8 Å². The van der Waals surface area contributed by atoms with Gasteiger partial charge in [0.25, 0.3) is 0 Å². The van der Waals surface area contributed by atoms with Crippen LogP contribution in [0.2, 0.25) is 18.1 Å². The molecule has 0 spiro atoms. The minimum absolute atomic E-state index is 0.283. The second-order valence-corrected chi connectivity index (χ2v) is 12.3. The third-order valence-electron chi connectivity index (χ3n) is 4.85. The first-order valence-electron chi connectivity index (χ1n) is 7.83. The van der Waals surface area contributed by atoms with Gasteiger partial charge in [0.2, 0.25) is 0 Å². The molecule has 118 valence electrons. The van der Waals surface area contributed by atoms with Crippen LogP contribution in [0.15, 0.2) is 18.3 Å². The Morgan fingerprint density at radius 2 is 1.86 bits per heavy atom. The van der Waals surface area contributed by atoms with Gasteiger partial charge in [-0.25, -0.2) is 4.98 Å². The van der Waals surface area contributed by atoms with Crippen molar-refractivity contribution < 1.29 is 4.43 Å². The monoisotopic (exact) mass is 307 g/mol. The van der Waals surface area contributed by atoms with Crippen molar-refractivity contribution in [1.82, 2.24) is 4.98 Å². The van der Waals surface area contributed by atoms with Crippen molar-refractivity contribution in [3.8, 4) is 0 Å². The summed E-state index contributed by atoms with van der Waals surface area (Å²) >= 11 is 0. The zero-order valence-electron chi connectivity index (χ0n) is 14.0. The average Bonchev–Trinajstić information content (AvgIpc) is 2.39. The summed E-state index contributed by atoms with van der Waals surface area (Å²) in [6.45, 7) is 13.6. The highest BCUT2D eigenvalue weighted by molar-refractivity contribution is 6.74. The summed E-state index contributed by atoms with van der Waals surface area (Å²) in [5.74, 6) is 0.579. The second kappa shape index (κ2) is 5.97. The van der Waals surface area contributed by atoms with Gasteiger partial charge < -0.3 is 15.1 Å². The second-order valence-electron chi connectivity index (χ2n) is 7.51. The number of aromatic nitrogens is 1. The van der Waals surface area contributed by atoms with Gasteiger partial charge in [0, 0.05) is 19.2 Å². The fourth-order valence-electron chi connectivity index (χ4n) is 2.41. The summed E-state index contributed by atoms with van der Waals surface area (Å²) in [6.07, 6.45) is 4.46. The summed E-state index contributed by atoms with van der Waals surface area (Å²) in [5.41, 5.74) is 6.81. The number of rotatable bonds is 3. The molecular weight excluding hydrogens is 278 g/mol. The molecule has 1 aromatic heterocycles. The van der Waals surface area contributed by atoms with Crippen molar-refractivity contribution in [1.29, 1.82) is 0 Å². The molecule has 0 aliphatic carbocycles. The van der Waals surface area contributed by atoms with Crippen molar-refractivity contribution in [2.75, 3.05) is 23.7 Å². The molecule has 2 rings (SSSR count). The molecule has 21 heavy (non-hydrogen) atoms. The van der Waals surface area contributed by atoms with Crippen molar-refractivity contribution >= 4 is 19.8 Å². The molecule has 5 heteroatoms. The standard InChI is InChI=1S/C16H29N3OSi/c1-16(2,3)21(4,5)20-14-8-10-19(11-9-14)13-6-7-15(17)18-12-13/h6-7,12,14H,8-11H2,1-5H3,(H2,17,18). The van der Waals surface area contributed by atoms with Crippen LogP contribution >= 0.6 is 0 Å². The Morgan fingerprint density at radius 1 is 1.24 bits per heavy atom. The minimum atomic E-state index is -1.65. The smallest absolute Gasteiger partial charge is 0.192 e. The van der Waals surface area contributed by atoms with Gasteiger partial charge in [-0.1, -0.05) is 20.8 Å². The van der Waals surface area contributed by atoms with Crippen molar-refractivity contribution in [2.45, 2.75) is 57.8 Å². The van der Waals surface area contributed by atoms with Crippen LogP contribution in [0.25, 0.3) is 0 Å². The van der Waals surface area contributed by atoms with Gasteiger partial charge in [-0.2, -0.15) is 0 Å². The van der Waals surface area contributed by atoms with Crippen LogP contribution in [0.1, 0.15) is 33.6 Å². The lowest BCUT2D eigenvalue weighted by molar-refractivity contribution is 0.152. The average molecular weight is 308 g/mol. The molecule has 2 N–H and O–H groups in total. The maximum absolute atomic E-state index is 6.52. The van der Waals surface area contributed by atoms with Gasteiger partial charge in [-0.15, -0.1) is 0 Å². The summed E-state index contributed by atoms with van der Waals surface area (Å²) in [5, 5.41) is 0.283. The lowest BCUT2D eigenvalue weighted by Crippen LogP contribution is -2.47. The molecule has 1 aromatic rings. The van der Waals surface area contributed by atoms with E-state index in [1.165, 1.54) is 0 Å². The third kappa shape index (κ3) is 3.98. The van der Waals surface area contributed by atoms with E-state index in [0.29, 0.717) is 11.9 Å². The highest BCUT2D eigenvalue weighted by Gasteiger charge is 2.39. The molecule has 1 saturated heterocycles. The zero-order valence-corrected chi connectivity index (χ0v) is 15.0. The molecule has 1 fully saturated rings. The summed E-state index contributed by atoms with van der Waals surface area (Å²) in [7, 11) is -1.65. The van der Waals surface area contributed by atoms with Crippen LogP contribution in [-0.2, 0) is 4.43 Å². The lowest BCUT2D eigenvalue weighted by Gasteiger charge is -2.42. The number of anilines is 2.